The van der Waals surface area contributed by atoms with E-state index in [-0.39, 0.29) is 17.9 Å². The third kappa shape index (κ3) is 2.25. The largest absolute Gasteiger partial charge is 0.490 e. The van der Waals surface area contributed by atoms with Crippen molar-refractivity contribution in [2.75, 3.05) is 7.11 Å². The highest BCUT2D eigenvalue weighted by atomic mass is 79.9. The molecule has 1 aromatic carbocycles. The minimum atomic E-state index is -0.545. The zero-order valence-corrected chi connectivity index (χ0v) is 9.44. The van der Waals surface area contributed by atoms with E-state index in [4.69, 9.17) is 10.00 Å². The molecule has 0 aliphatic carbocycles. The summed E-state index contributed by atoms with van der Waals surface area (Å²) in [5, 5.41) is 19.4. The van der Waals surface area contributed by atoms with Gasteiger partial charge in [0, 0.05) is 4.47 Å². The second-order valence-electron chi connectivity index (χ2n) is 2.67. The predicted octanol–water partition coefficient (Wildman–Crippen LogP) is 2.43. The van der Waals surface area contributed by atoms with Crippen molar-refractivity contribution < 1.29 is 9.66 Å². The summed E-state index contributed by atoms with van der Waals surface area (Å²) in [6, 6.07) is 4.99. The van der Waals surface area contributed by atoms with E-state index in [9.17, 15) is 10.1 Å². The number of rotatable bonds is 3. The standard InChI is InChI=1S/C9H7BrN2O3/c1-15-8-3-2-7(10)6(4-5-11)9(8)12(13)14/h2-3H,4H2,1H3. The van der Waals surface area contributed by atoms with Gasteiger partial charge in [-0.05, 0) is 12.1 Å². The average molecular weight is 271 g/mol. The monoisotopic (exact) mass is 270 g/mol. The van der Waals surface area contributed by atoms with Gasteiger partial charge < -0.3 is 4.74 Å². The van der Waals surface area contributed by atoms with Crippen molar-refractivity contribution in [2.24, 2.45) is 0 Å². The molecule has 78 valence electrons. The zero-order valence-electron chi connectivity index (χ0n) is 7.86. The van der Waals surface area contributed by atoms with Gasteiger partial charge in [0.1, 0.15) is 0 Å². The van der Waals surface area contributed by atoms with Gasteiger partial charge in [-0.1, -0.05) is 15.9 Å². The van der Waals surface area contributed by atoms with Gasteiger partial charge in [0.2, 0.25) is 0 Å². The Balaban J connectivity index is 3.45. The minimum Gasteiger partial charge on any atom is -0.490 e. The lowest BCUT2D eigenvalue weighted by Crippen LogP contribution is -1.99. The molecule has 1 rings (SSSR count). The van der Waals surface area contributed by atoms with Crippen molar-refractivity contribution in [3.05, 3.63) is 32.3 Å². The van der Waals surface area contributed by atoms with Crippen molar-refractivity contribution in [1.82, 2.24) is 0 Å². The second-order valence-corrected chi connectivity index (χ2v) is 3.52. The Morgan fingerprint density at radius 2 is 2.33 bits per heavy atom. The van der Waals surface area contributed by atoms with Crippen LogP contribution in [-0.2, 0) is 6.42 Å². The van der Waals surface area contributed by atoms with Crippen LogP contribution in [-0.4, -0.2) is 12.0 Å². The van der Waals surface area contributed by atoms with Gasteiger partial charge in [-0.25, -0.2) is 0 Å². The lowest BCUT2D eigenvalue weighted by molar-refractivity contribution is -0.386. The summed E-state index contributed by atoms with van der Waals surface area (Å²) in [7, 11) is 1.35. The highest BCUT2D eigenvalue weighted by Gasteiger charge is 2.22. The molecule has 6 heteroatoms. The van der Waals surface area contributed by atoms with Crippen LogP contribution in [0, 0.1) is 21.4 Å². The van der Waals surface area contributed by atoms with E-state index in [1.165, 1.54) is 13.2 Å². The molecule has 0 bridgehead atoms. The van der Waals surface area contributed by atoms with Crippen LogP contribution in [0.25, 0.3) is 0 Å². The van der Waals surface area contributed by atoms with E-state index >= 15 is 0 Å². The second kappa shape index (κ2) is 4.75. The summed E-state index contributed by atoms with van der Waals surface area (Å²) in [5.74, 6) is 0.161. The first-order valence-corrected chi connectivity index (χ1v) is 4.77. The number of nitro benzene ring substituents is 1. The van der Waals surface area contributed by atoms with Gasteiger partial charge in [-0.15, -0.1) is 0 Å². The summed E-state index contributed by atoms with van der Waals surface area (Å²) >= 11 is 3.17. The van der Waals surface area contributed by atoms with Crippen LogP contribution in [0.15, 0.2) is 16.6 Å². The number of nitriles is 1. The number of halogens is 1. The Bertz CT molecular complexity index is 440. The Hall–Kier alpha value is -1.61. The molecule has 0 amide bonds. The third-order valence-corrected chi connectivity index (χ3v) is 2.59. The molecule has 0 aromatic heterocycles. The first-order chi connectivity index (χ1) is 7.11. The molecule has 0 saturated carbocycles. The number of methoxy groups -OCH3 is 1. The van der Waals surface area contributed by atoms with Gasteiger partial charge in [0.15, 0.2) is 5.75 Å². The lowest BCUT2D eigenvalue weighted by Gasteiger charge is -2.06. The molecule has 0 N–H and O–H groups in total. The molecule has 5 nitrogen and oxygen atoms in total. The molecule has 0 saturated heterocycles. The first kappa shape index (κ1) is 11.5. The van der Waals surface area contributed by atoms with E-state index in [2.05, 4.69) is 15.9 Å². The molecule has 1 aromatic rings. The van der Waals surface area contributed by atoms with Crippen molar-refractivity contribution in [3.8, 4) is 11.8 Å². The van der Waals surface area contributed by atoms with Crippen molar-refractivity contribution in [1.29, 1.82) is 5.26 Å². The zero-order chi connectivity index (χ0) is 11.4. The smallest absolute Gasteiger partial charge is 0.316 e. The maximum atomic E-state index is 10.8. The topological polar surface area (TPSA) is 76.2 Å². The summed E-state index contributed by atoms with van der Waals surface area (Å²) in [5.41, 5.74) is 0.176. The van der Waals surface area contributed by atoms with Crippen LogP contribution >= 0.6 is 15.9 Å². The SMILES string of the molecule is COc1ccc(Br)c(CC#N)c1[N+](=O)[O-]. The Morgan fingerprint density at radius 1 is 1.67 bits per heavy atom. The molecular formula is C9H7BrN2O3. The highest BCUT2D eigenvalue weighted by Crippen LogP contribution is 2.35. The van der Waals surface area contributed by atoms with Crippen molar-refractivity contribution in [2.45, 2.75) is 6.42 Å². The van der Waals surface area contributed by atoms with Gasteiger partial charge >= 0.3 is 5.69 Å². The van der Waals surface area contributed by atoms with E-state index < -0.39 is 4.92 Å². The van der Waals surface area contributed by atoms with Gasteiger partial charge in [-0.2, -0.15) is 5.26 Å². The number of hydrogen-bond acceptors (Lipinski definition) is 4. The quantitative estimate of drug-likeness (QED) is 0.624. The average Bonchev–Trinajstić information content (AvgIpc) is 2.20. The maximum absolute atomic E-state index is 10.8. The summed E-state index contributed by atoms with van der Waals surface area (Å²) in [4.78, 5) is 10.3. The molecule has 0 radical (unpaired) electrons. The lowest BCUT2D eigenvalue weighted by atomic mass is 10.1. The fraction of sp³-hybridized carbons (Fsp3) is 0.222. The summed E-state index contributed by atoms with van der Waals surface area (Å²) < 4.78 is 5.42. The van der Waals surface area contributed by atoms with Crippen molar-refractivity contribution in [3.63, 3.8) is 0 Å². The fourth-order valence-electron chi connectivity index (χ4n) is 1.20. The van der Waals surface area contributed by atoms with E-state index in [0.29, 0.717) is 10.0 Å². The fourth-order valence-corrected chi connectivity index (χ4v) is 1.66. The van der Waals surface area contributed by atoms with Gasteiger partial charge in [-0.3, -0.25) is 10.1 Å². The molecule has 0 unspecified atom stereocenters. The van der Waals surface area contributed by atoms with Gasteiger partial charge in [0.05, 0.1) is 30.1 Å². The maximum Gasteiger partial charge on any atom is 0.316 e. The Morgan fingerprint density at radius 3 is 2.80 bits per heavy atom. The molecule has 0 spiro atoms. The predicted molar refractivity (Wildman–Crippen MR) is 56.7 cm³/mol. The molecule has 0 heterocycles. The minimum absolute atomic E-state index is 0.0336. The van der Waals surface area contributed by atoms with Gasteiger partial charge in [0.25, 0.3) is 0 Å². The number of benzene rings is 1. The van der Waals surface area contributed by atoms with E-state index in [1.807, 2.05) is 6.07 Å². The third-order valence-electron chi connectivity index (χ3n) is 1.85. The normalized spacial score (nSPS) is 9.40. The van der Waals surface area contributed by atoms with Crippen LogP contribution in [0.5, 0.6) is 5.75 Å². The molecule has 0 aliphatic rings. The molecule has 0 aliphatic heterocycles. The molecule has 0 fully saturated rings. The van der Waals surface area contributed by atoms with Crippen LogP contribution in [0.2, 0.25) is 0 Å². The number of nitro groups is 1. The number of nitrogens with zero attached hydrogens (tertiary/aromatic N) is 2. The van der Waals surface area contributed by atoms with Crippen LogP contribution < -0.4 is 4.74 Å². The number of ether oxygens (including phenoxy) is 1. The molecule has 0 atom stereocenters. The molecule has 15 heavy (non-hydrogen) atoms. The Labute approximate surface area is 94.6 Å². The van der Waals surface area contributed by atoms with Crippen LogP contribution in [0.4, 0.5) is 5.69 Å². The van der Waals surface area contributed by atoms with E-state index in [1.54, 1.807) is 6.07 Å². The number of hydrogen-bond donors (Lipinski definition) is 0. The highest BCUT2D eigenvalue weighted by molar-refractivity contribution is 9.10. The summed E-state index contributed by atoms with van der Waals surface area (Å²) in [6.07, 6.45) is -0.0336. The van der Waals surface area contributed by atoms with Crippen molar-refractivity contribution >= 4 is 21.6 Å². The summed E-state index contributed by atoms with van der Waals surface area (Å²) in [6.45, 7) is 0. The Kier molecular flexibility index (Phi) is 3.63. The van der Waals surface area contributed by atoms with E-state index in [0.717, 1.165) is 0 Å². The first-order valence-electron chi connectivity index (χ1n) is 3.98. The van der Waals surface area contributed by atoms with Crippen LogP contribution in [0.1, 0.15) is 5.56 Å². The molecular weight excluding hydrogens is 264 g/mol. The van der Waals surface area contributed by atoms with Crippen LogP contribution in [0.3, 0.4) is 0 Å².